The second-order valence-corrected chi connectivity index (χ2v) is 4.94. The molecule has 0 saturated heterocycles. The number of aliphatic hydroxyl groups excluding tert-OH is 1. The molecule has 1 aliphatic carbocycles. The Morgan fingerprint density at radius 3 is 2.44 bits per heavy atom. The Kier molecular flexibility index (Phi) is 6.47. The molecular formula is C14H24N2O2. The van der Waals surface area contributed by atoms with Gasteiger partial charge in [-0.15, -0.1) is 0 Å². The van der Waals surface area contributed by atoms with Crippen molar-refractivity contribution in [2.45, 2.75) is 51.9 Å². The largest absolute Gasteiger partial charge is 0.515 e. The summed E-state index contributed by atoms with van der Waals surface area (Å²) in [6.45, 7) is 2.46. The Labute approximate surface area is 109 Å². The first-order chi connectivity index (χ1) is 8.69. The third kappa shape index (κ3) is 4.51. The molecule has 1 rings (SSSR count). The van der Waals surface area contributed by atoms with E-state index in [1.54, 1.807) is 6.92 Å². The van der Waals surface area contributed by atoms with Gasteiger partial charge in [-0.05, 0) is 25.2 Å². The standard InChI is InChI=1S/C14H24N2O2/c1-2-13(15)12(10-17)14(18)16-9-11-7-5-3-4-6-8-11/h10-11,15,17H,2-9H2,1H3,(H,16,18)/b12-10+,15-13?. The first-order valence-corrected chi connectivity index (χ1v) is 6.89. The number of hydrogen-bond donors (Lipinski definition) is 3. The molecule has 3 N–H and O–H groups in total. The average molecular weight is 252 g/mol. The summed E-state index contributed by atoms with van der Waals surface area (Å²) in [5, 5.41) is 19.4. The predicted molar refractivity (Wildman–Crippen MR) is 72.9 cm³/mol. The van der Waals surface area contributed by atoms with Gasteiger partial charge in [0.2, 0.25) is 0 Å². The summed E-state index contributed by atoms with van der Waals surface area (Å²) in [6, 6.07) is 0. The van der Waals surface area contributed by atoms with E-state index in [1.807, 2.05) is 0 Å². The van der Waals surface area contributed by atoms with Crippen LogP contribution in [0.15, 0.2) is 11.8 Å². The van der Waals surface area contributed by atoms with Crippen molar-refractivity contribution in [1.29, 1.82) is 5.41 Å². The lowest BCUT2D eigenvalue weighted by Crippen LogP contribution is -2.32. The van der Waals surface area contributed by atoms with E-state index in [-0.39, 0.29) is 17.2 Å². The summed E-state index contributed by atoms with van der Waals surface area (Å²) in [7, 11) is 0. The molecule has 0 aromatic heterocycles. The zero-order valence-electron chi connectivity index (χ0n) is 11.2. The van der Waals surface area contributed by atoms with Crippen LogP contribution in [0, 0.1) is 11.3 Å². The summed E-state index contributed by atoms with van der Waals surface area (Å²) in [6.07, 6.45) is 8.62. The fourth-order valence-corrected chi connectivity index (χ4v) is 2.36. The summed E-state index contributed by atoms with van der Waals surface area (Å²) in [5.74, 6) is 0.223. The van der Waals surface area contributed by atoms with Crippen molar-refractivity contribution in [2.75, 3.05) is 6.54 Å². The molecule has 102 valence electrons. The maximum absolute atomic E-state index is 11.8. The highest BCUT2D eigenvalue weighted by molar-refractivity contribution is 6.20. The van der Waals surface area contributed by atoms with Gasteiger partial charge < -0.3 is 15.8 Å². The van der Waals surface area contributed by atoms with E-state index < -0.39 is 0 Å². The fraction of sp³-hybridized carbons (Fsp3) is 0.714. The molecule has 4 nitrogen and oxygen atoms in total. The SMILES string of the molecule is CCC(=N)/C(=C\O)C(=O)NCC1CCCCCC1. The minimum Gasteiger partial charge on any atom is -0.515 e. The summed E-state index contributed by atoms with van der Waals surface area (Å²) in [4.78, 5) is 11.8. The highest BCUT2D eigenvalue weighted by Gasteiger charge is 2.17. The molecule has 0 unspecified atom stereocenters. The summed E-state index contributed by atoms with van der Waals surface area (Å²) >= 11 is 0. The Morgan fingerprint density at radius 1 is 1.33 bits per heavy atom. The molecule has 1 saturated carbocycles. The van der Waals surface area contributed by atoms with Crippen LogP contribution >= 0.6 is 0 Å². The molecule has 0 spiro atoms. The quantitative estimate of drug-likeness (QED) is 0.304. The monoisotopic (exact) mass is 252 g/mol. The molecule has 0 aromatic carbocycles. The summed E-state index contributed by atoms with van der Waals surface area (Å²) in [5.41, 5.74) is 0.266. The number of carbonyl (C=O) groups excluding carboxylic acids is 1. The van der Waals surface area contributed by atoms with E-state index in [2.05, 4.69) is 5.32 Å². The Bertz CT molecular complexity index is 316. The first-order valence-electron chi connectivity index (χ1n) is 6.89. The van der Waals surface area contributed by atoms with Crippen LogP contribution in [-0.2, 0) is 4.79 Å². The molecule has 1 aliphatic rings. The zero-order chi connectivity index (χ0) is 13.4. The minimum atomic E-state index is -0.325. The number of nitrogens with one attached hydrogen (secondary N) is 2. The highest BCUT2D eigenvalue weighted by Crippen LogP contribution is 2.22. The minimum absolute atomic E-state index is 0.0890. The van der Waals surface area contributed by atoms with E-state index in [9.17, 15) is 4.79 Å². The van der Waals surface area contributed by atoms with Gasteiger partial charge in [0.05, 0.1) is 11.8 Å². The van der Waals surface area contributed by atoms with Gasteiger partial charge in [-0.3, -0.25) is 4.79 Å². The van der Waals surface area contributed by atoms with Gasteiger partial charge in [0.15, 0.2) is 0 Å². The van der Waals surface area contributed by atoms with Crippen molar-refractivity contribution in [1.82, 2.24) is 5.32 Å². The fourth-order valence-electron chi connectivity index (χ4n) is 2.36. The lowest BCUT2D eigenvalue weighted by Gasteiger charge is -2.15. The predicted octanol–water partition coefficient (Wildman–Crippen LogP) is 2.94. The van der Waals surface area contributed by atoms with Gasteiger partial charge in [0, 0.05) is 12.3 Å². The first kappa shape index (κ1) is 14.7. The smallest absolute Gasteiger partial charge is 0.256 e. The summed E-state index contributed by atoms with van der Waals surface area (Å²) < 4.78 is 0. The van der Waals surface area contributed by atoms with Crippen LogP contribution in [0.3, 0.4) is 0 Å². The van der Waals surface area contributed by atoms with Crippen molar-refractivity contribution < 1.29 is 9.90 Å². The topological polar surface area (TPSA) is 73.2 Å². The third-order valence-electron chi connectivity index (χ3n) is 3.58. The maximum Gasteiger partial charge on any atom is 0.256 e. The number of aliphatic hydroxyl groups is 1. The van der Waals surface area contributed by atoms with Crippen LogP contribution in [0.1, 0.15) is 51.9 Å². The van der Waals surface area contributed by atoms with E-state index in [1.165, 1.54) is 38.5 Å². The van der Waals surface area contributed by atoms with Crippen molar-refractivity contribution in [3.05, 3.63) is 11.8 Å². The number of rotatable bonds is 5. The number of amides is 1. The van der Waals surface area contributed by atoms with E-state index in [4.69, 9.17) is 10.5 Å². The van der Waals surface area contributed by atoms with E-state index in [0.29, 0.717) is 18.9 Å². The Balaban J connectivity index is 2.41. The van der Waals surface area contributed by atoms with Gasteiger partial charge in [-0.2, -0.15) is 0 Å². The molecule has 1 fully saturated rings. The second-order valence-electron chi connectivity index (χ2n) is 4.94. The van der Waals surface area contributed by atoms with Gasteiger partial charge in [0.25, 0.3) is 5.91 Å². The van der Waals surface area contributed by atoms with Crippen molar-refractivity contribution >= 4 is 11.6 Å². The third-order valence-corrected chi connectivity index (χ3v) is 3.58. The second kappa shape index (κ2) is 7.90. The molecule has 4 heteroatoms. The van der Waals surface area contributed by atoms with Crippen LogP contribution in [0.2, 0.25) is 0 Å². The molecule has 0 aromatic rings. The van der Waals surface area contributed by atoms with Crippen LogP contribution in [0.25, 0.3) is 0 Å². The molecule has 1 amide bonds. The molecule has 0 atom stereocenters. The highest BCUT2D eigenvalue weighted by atomic mass is 16.2. The Morgan fingerprint density at radius 2 is 1.94 bits per heavy atom. The molecular weight excluding hydrogens is 228 g/mol. The number of hydrogen-bond acceptors (Lipinski definition) is 3. The van der Waals surface area contributed by atoms with Gasteiger partial charge in [-0.1, -0.05) is 32.6 Å². The molecule has 18 heavy (non-hydrogen) atoms. The zero-order valence-corrected chi connectivity index (χ0v) is 11.2. The van der Waals surface area contributed by atoms with Crippen LogP contribution in [0.5, 0.6) is 0 Å². The van der Waals surface area contributed by atoms with Gasteiger partial charge >= 0.3 is 0 Å². The molecule has 0 bridgehead atoms. The van der Waals surface area contributed by atoms with E-state index in [0.717, 1.165) is 6.26 Å². The van der Waals surface area contributed by atoms with Gasteiger partial charge in [0.1, 0.15) is 0 Å². The van der Waals surface area contributed by atoms with E-state index >= 15 is 0 Å². The van der Waals surface area contributed by atoms with Crippen molar-refractivity contribution in [3.63, 3.8) is 0 Å². The lowest BCUT2D eigenvalue weighted by molar-refractivity contribution is -0.117. The molecule has 0 aliphatic heterocycles. The lowest BCUT2D eigenvalue weighted by atomic mass is 10.00. The molecule has 0 heterocycles. The number of carbonyl (C=O) groups is 1. The van der Waals surface area contributed by atoms with Crippen molar-refractivity contribution in [2.24, 2.45) is 5.92 Å². The van der Waals surface area contributed by atoms with Crippen LogP contribution in [0.4, 0.5) is 0 Å². The molecule has 0 radical (unpaired) electrons. The van der Waals surface area contributed by atoms with Gasteiger partial charge in [-0.25, -0.2) is 0 Å². The average Bonchev–Trinajstić information content (AvgIpc) is 2.65. The maximum atomic E-state index is 11.8. The Hall–Kier alpha value is -1.32. The van der Waals surface area contributed by atoms with Crippen LogP contribution < -0.4 is 5.32 Å². The van der Waals surface area contributed by atoms with Crippen LogP contribution in [-0.4, -0.2) is 23.3 Å². The van der Waals surface area contributed by atoms with Crippen molar-refractivity contribution in [3.8, 4) is 0 Å². The normalized spacial score (nSPS) is 18.2.